The van der Waals surface area contributed by atoms with Gasteiger partial charge in [0.05, 0.1) is 23.0 Å². The Morgan fingerprint density at radius 2 is 1.95 bits per heavy atom. The van der Waals surface area contributed by atoms with Gasteiger partial charge < -0.3 is 11.1 Å². The summed E-state index contributed by atoms with van der Waals surface area (Å²) in [5.41, 5.74) is 8.90. The van der Waals surface area contributed by atoms with Crippen LogP contribution < -0.4 is 11.1 Å². The van der Waals surface area contributed by atoms with Crippen LogP contribution >= 0.6 is 0 Å². The molecule has 104 valence electrons. The first-order chi connectivity index (χ1) is 10.1. The molecule has 0 saturated heterocycles. The van der Waals surface area contributed by atoms with Crippen molar-refractivity contribution in [2.45, 2.75) is 6.92 Å². The second-order valence-electron chi connectivity index (χ2n) is 4.78. The van der Waals surface area contributed by atoms with Crippen LogP contribution in [-0.2, 0) is 0 Å². The van der Waals surface area contributed by atoms with Crippen LogP contribution in [0.4, 0.5) is 11.4 Å². The van der Waals surface area contributed by atoms with Gasteiger partial charge in [0, 0.05) is 23.0 Å². The summed E-state index contributed by atoms with van der Waals surface area (Å²) in [7, 11) is 0. The molecule has 0 fully saturated rings. The van der Waals surface area contributed by atoms with E-state index in [9.17, 15) is 4.79 Å². The Morgan fingerprint density at radius 3 is 2.76 bits per heavy atom. The summed E-state index contributed by atoms with van der Waals surface area (Å²) in [6, 6.07) is 11.3. The van der Waals surface area contributed by atoms with E-state index in [2.05, 4.69) is 15.3 Å². The van der Waals surface area contributed by atoms with Crippen LogP contribution in [0.1, 0.15) is 16.1 Å². The van der Waals surface area contributed by atoms with Crippen molar-refractivity contribution in [3.05, 3.63) is 60.0 Å². The molecule has 0 aliphatic heterocycles. The van der Waals surface area contributed by atoms with Gasteiger partial charge in [-0.2, -0.15) is 0 Å². The average molecular weight is 278 g/mol. The van der Waals surface area contributed by atoms with Crippen LogP contribution in [0.15, 0.2) is 48.8 Å². The first-order valence-electron chi connectivity index (χ1n) is 6.52. The highest BCUT2D eigenvalue weighted by molar-refractivity contribution is 6.07. The number of anilines is 2. The van der Waals surface area contributed by atoms with Gasteiger partial charge in [-0.05, 0) is 25.1 Å². The molecule has 0 saturated carbocycles. The molecule has 1 aromatic carbocycles. The summed E-state index contributed by atoms with van der Waals surface area (Å²) in [4.78, 5) is 20.6. The number of rotatable bonds is 2. The number of hydrogen-bond acceptors (Lipinski definition) is 4. The van der Waals surface area contributed by atoms with Crippen molar-refractivity contribution >= 4 is 28.2 Å². The second-order valence-corrected chi connectivity index (χ2v) is 4.78. The summed E-state index contributed by atoms with van der Waals surface area (Å²) < 4.78 is 0. The van der Waals surface area contributed by atoms with Crippen LogP contribution in [0.25, 0.3) is 10.9 Å². The van der Waals surface area contributed by atoms with Gasteiger partial charge in [-0.25, -0.2) is 0 Å². The van der Waals surface area contributed by atoms with Crippen LogP contribution in [0.3, 0.4) is 0 Å². The minimum absolute atomic E-state index is 0.294. The normalized spacial score (nSPS) is 10.5. The highest BCUT2D eigenvalue weighted by Gasteiger charge is 2.11. The number of nitrogens with one attached hydrogen (secondary N) is 1. The highest BCUT2D eigenvalue weighted by Crippen LogP contribution is 2.18. The van der Waals surface area contributed by atoms with Crippen LogP contribution in [0, 0.1) is 6.92 Å². The second kappa shape index (κ2) is 5.20. The van der Waals surface area contributed by atoms with Gasteiger partial charge in [0.2, 0.25) is 0 Å². The summed E-state index contributed by atoms with van der Waals surface area (Å²) in [6.45, 7) is 1.82. The third-order valence-electron chi connectivity index (χ3n) is 3.17. The Labute approximate surface area is 121 Å². The minimum atomic E-state index is -0.294. The zero-order chi connectivity index (χ0) is 14.8. The molecule has 0 aliphatic carbocycles. The maximum Gasteiger partial charge on any atom is 0.259 e. The zero-order valence-corrected chi connectivity index (χ0v) is 11.5. The molecular weight excluding hydrogens is 264 g/mol. The maximum atomic E-state index is 12.2. The molecular formula is C16H14N4O. The van der Waals surface area contributed by atoms with E-state index in [-0.39, 0.29) is 5.91 Å². The van der Waals surface area contributed by atoms with Crippen molar-refractivity contribution in [3.8, 4) is 0 Å². The van der Waals surface area contributed by atoms with E-state index in [1.54, 1.807) is 12.3 Å². The number of carbonyl (C=O) groups excluding carboxylic acids is 1. The van der Waals surface area contributed by atoms with E-state index < -0.39 is 0 Å². The fraction of sp³-hybridized carbons (Fsp3) is 0.0625. The maximum absolute atomic E-state index is 12.2. The predicted octanol–water partition coefficient (Wildman–Crippen LogP) is 2.77. The molecule has 0 spiro atoms. The number of fused-ring (bicyclic) bond motifs is 1. The monoisotopic (exact) mass is 278 g/mol. The molecule has 0 bridgehead atoms. The number of pyridine rings is 2. The van der Waals surface area contributed by atoms with E-state index in [0.29, 0.717) is 16.9 Å². The number of nitrogen functional groups attached to an aromatic ring is 1. The van der Waals surface area contributed by atoms with Gasteiger partial charge in [-0.1, -0.05) is 18.2 Å². The molecule has 2 aromatic heterocycles. The quantitative estimate of drug-likeness (QED) is 0.755. The summed E-state index contributed by atoms with van der Waals surface area (Å²) in [5.74, 6) is -0.294. The van der Waals surface area contributed by atoms with Gasteiger partial charge >= 0.3 is 0 Å². The molecule has 5 heteroatoms. The third-order valence-corrected chi connectivity index (χ3v) is 3.17. The molecule has 1 amide bonds. The first-order valence-corrected chi connectivity index (χ1v) is 6.52. The first kappa shape index (κ1) is 13.1. The Hall–Kier alpha value is -2.95. The fourth-order valence-electron chi connectivity index (χ4n) is 2.11. The van der Waals surface area contributed by atoms with Gasteiger partial charge in [0.25, 0.3) is 5.91 Å². The number of aromatic nitrogens is 2. The predicted molar refractivity (Wildman–Crippen MR) is 83.1 cm³/mol. The minimum Gasteiger partial charge on any atom is -0.398 e. The van der Waals surface area contributed by atoms with Gasteiger partial charge in [-0.3, -0.25) is 14.8 Å². The fourth-order valence-corrected chi connectivity index (χ4v) is 2.11. The molecule has 0 atom stereocenters. The molecule has 2 heterocycles. The van der Waals surface area contributed by atoms with Gasteiger partial charge in [0.1, 0.15) is 0 Å². The standard InChI is InChI=1S/C16H14N4O/c1-10-6-14(17)13(9-18-10)16(21)20-12-7-11-4-2-3-5-15(11)19-8-12/h2-9H,1H3,(H2,17,18)(H,20,21). The molecule has 21 heavy (non-hydrogen) atoms. The number of nitrogens with two attached hydrogens (primary N) is 1. The molecule has 3 aromatic rings. The molecule has 0 radical (unpaired) electrons. The van der Waals surface area contributed by atoms with Crippen molar-refractivity contribution in [2.24, 2.45) is 0 Å². The number of benzene rings is 1. The Bertz CT molecular complexity index is 829. The lowest BCUT2D eigenvalue weighted by atomic mass is 10.2. The van der Waals surface area contributed by atoms with Crippen LogP contribution in [0.5, 0.6) is 0 Å². The third kappa shape index (κ3) is 2.67. The molecule has 3 N–H and O–H groups in total. The largest absolute Gasteiger partial charge is 0.398 e. The number of aryl methyl sites for hydroxylation is 1. The van der Waals surface area contributed by atoms with Crippen molar-refractivity contribution in [1.82, 2.24) is 9.97 Å². The molecule has 3 rings (SSSR count). The lowest BCUT2D eigenvalue weighted by Crippen LogP contribution is -2.14. The topological polar surface area (TPSA) is 80.9 Å². The Balaban J connectivity index is 1.89. The van der Waals surface area contributed by atoms with E-state index in [0.717, 1.165) is 16.6 Å². The summed E-state index contributed by atoms with van der Waals surface area (Å²) in [5, 5.41) is 3.75. The van der Waals surface area contributed by atoms with E-state index >= 15 is 0 Å². The molecule has 0 aliphatic rings. The van der Waals surface area contributed by atoms with Crippen LogP contribution in [0.2, 0.25) is 0 Å². The lowest BCUT2D eigenvalue weighted by Gasteiger charge is -2.08. The summed E-state index contributed by atoms with van der Waals surface area (Å²) >= 11 is 0. The average Bonchev–Trinajstić information content (AvgIpc) is 2.47. The van der Waals surface area contributed by atoms with Crippen molar-refractivity contribution in [1.29, 1.82) is 0 Å². The number of para-hydroxylation sites is 1. The lowest BCUT2D eigenvalue weighted by molar-refractivity contribution is 0.102. The Morgan fingerprint density at radius 1 is 1.14 bits per heavy atom. The van der Waals surface area contributed by atoms with E-state index in [4.69, 9.17) is 5.73 Å². The van der Waals surface area contributed by atoms with E-state index in [1.165, 1.54) is 6.20 Å². The van der Waals surface area contributed by atoms with Gasteiger partial charge in [-0.15, -0.1) is 0 Å². The zero-order valence-electron chi connectivity index (χ0n) is 11.5. The molecule has 0 unspecified atom stereocenters. The number of carbonyl (C=O) groups is 1. The smallest absolute Gasteiger partial charge is 0.259 e. The Kier molecular flexibility index (Phi) is 3.23. The van der Waals surface area contributed by atoms with Crippen LogP contribution in [-0.4, -0.2) is 15.9 Å². The molecule has 5 nitrogen and oxygen atoms in total. The SMILES string of the molecule is Cc1cc(N)c(C(=O)Nc2cnc3ccccc3c2)cn1. The highest BCUT2D eigenvalue weighted by atomic mass is 16.1. The van der Waals surface area contributed by atoms with E-state index in [1.807, 2.05) is 37.3 Å². The number of amides is 1. The summed E-state index contributed by atoms with van der Waals surface area (Å²) in [6.07, 6.45) is 3.10. The van der Waals surface area contributed by atoms with Crippen molar-refractivity contribution in [2.75, 3.05) is 11.1 Å². The van der Waals surface area contributed by atoms with Gasteiger partial charge in [0.15, 0.2) is 0 Å². The van der Waals surface area contributed by atoms with Crippen molar-refractivity contribution in [3.63, 3.8) is 0 Å². The number of nitrogens with zero attached hydrogens (tertiary/aromatic N) is 2. The number of hydrogen-bond donors (Lipinski definition) is 2. The van der Waals surface area contributed by atoms with Crippen molar-refractivity contribution < 1.29 is 4.79 Å².